The van der Waals surface area contributed by atoms with Gasteiger partial charge in [0.25, 0.3) is 5.91 Å². The molecule has 2 N–H and O–H groups in total. The van der Waals surface area contributed by atoms with Crippen LogP contribution in [-0.4, -0.2) is 40.1 Å². The number of halogens is 1. The predicted molar refractivity (Wildman–Crippen MR) is 98.7 cm³/mol. The molecule has 4 rings (SSSR count). The SMILES string of the molecule is Cc1ccc2[nH]c(C(=O)N3CC[C@H](c4ccc(F)cc4)[C@@H](O)C3)cc2c1. The molecule has 0 unspecified atom stereocenters. The first-order chi connectivity index (χ1) is 12.5. The number of hydrogen-bond donors (Lipinski definition) is 2. The smallest absolute Gasteiger partial charge is 0.270 e. The lowest BCUT2D eigenvalue weighted by molar-refractivity contribution is 0.0378. The average molecular weight is 352 g/mol. The molecular formula is C21H21FN2O2. The van der Waals surface area contributed by atoms with E-state index in [9.17, 15) is 14.3 Å². The number of nitrogens with one attached hydrogen (secondary N) is 1. The number of carbonyl (C=O) groups excluding carboxylic acids is 1. The maximum atomic E-state index is 13.1. The minimum Gasteiger partial charge on any atom is -0.391 e. The van der Waals surface area contributed by atoms with E-state index < -0.39 is 6.10 Å². The summed E-state index contributed by atoms with van der Waals surface area (Å²) < 4.78 is 13.1. The second-order valence-electron chi connectivity index (χ2n) is 7.04. The highest BCUT2D eigenvalue weighted by Crippen LogP contribution is 2.29. The van der Waals surface area contributed by atoms with Gasteiger partial charge in [0.15, 0.2) is 0 Å². The van der Waals surface area contributed by atoms with Crippen molar-refractivity contribution in [2.24, 2.45) is 0 Å². The molecule has 2 heterocycles. The molecule has 1 saturated heterocycles. The van der Waals surface area contributed by atoms with Gasteiger partial charge in [-0.05, 0) is 49.2 Å². The second kappa shape index (κ2) is 6.57. The van der Waals surface area contributed by atoms with Gasteiger partial charge in [-0.25, -0.2) is 4.39 Å². The lowest BCUT2D eigenvalue weighted by atomic mass is 9.87. The highest BCUT2D eigenvalue weighted by Gasteiger charge is 2.32. The number of rotatable bonds is 2. The fraction of sp³-hybridized carbons (Fsp3) is 0.286. The van der Waals surface area contributed by atoms with Crippen molar-refractivity contribution in [2.45, 2.75) is 25.4 Å². The molecule has 134 valence electrons. The first kappa shape index (κ1) is 16.8. The third-order valence-electron chi connectivity index (χ3n) is 5.17. The van der Waals surface area contributed by atoms with Crippen molar-refractivity contribution >= 4 is 16.8 Å². The number of likely N-dealkylation sites (tertiary alicyclic amines) is 1. The zero-order chi connectivity index (χ0) is 18.3. The fourth-order valence-corrected chi connectivity index (χ4v) is 3.75. The number of benzene rings is 2. The van der Waals surface area contributed by atoms with Crippen LogP contribution in [0.3, 0.4) is 0 Å². The number of carbonyl (C=O) groups is 1. The first-order valence-corrected chi connectivity index (χ1v) is 8.83. The summed E-state index contributed by atoms with van der Waals surface area (Å²) in [6.07, 6.45) is -0.0116. The van der Waals surface area contributed by atoms with Crippen molar-refractivity contribution in [2.75, 3.05) is 13.1 Å². The number of piperidine rings is 1. The largest absolute Gasteiger partial charge is 0.391 e. The molecule has 4 nitrogen and oxygen atoms in total. The first-order valence-electron chi connectivity index (χ1n) is 8.83. The molecule has 0 radical (unpaired) electrons. The zero-order valence-corrected chi connectivity index (χ0v) is 14.6. The number of nitrogens with zero attached hydrogens (tertiary/aromatic N) is 1. The number of H-pyrrole nitrogens is 1. The van der Waals surface area contributed by atoms with Gasteiger partial charge in [0.1, 0.15) is 11.5 Å². The molecule has 1 amide bonds. The molecule has 3 aromatic rings. The van der Waals surface area contributed by atoms with E-state index in [0.717, 1.165) is 22.0 Å². The monoisotopic (exact) mass is 352 g/mol. The minimum atomic E-state index is -0.662. The normalized spacial score (nSPS) is 20.5. The Hall–Kier alpha value is -2.66. The van der Waals surface area contributed by atoms with Gasteiger partial charge in [0, 0.05) is 29.9 Å². The molecule has 0 aliphatic carbocycles. The van der Waals surface area contributed by atoms with Crippen LogP contribution in [0.25, 0.3) is 10.9 Å². The standard InChI is InChI=1S/C21H21FN2O2/c1-13-2-7-18-15(10-13)11-19(23-18)21(26)24-9-8-17(20(25)12-24)14-3-5-16(22)6-4-14/h2-7,10-11,17,20,23,25H,8-9,12H2,1H3/t17-,20+/m1/s1. The quantitative estimate of drug-likeness (QED) is 0.740. The van der Waals surface area contributed by atoms with E-state index in [2.05, 4.69) is 4.98 Å². The molecule has 0 spiro atoms. The maximum absolute atomic E-state index is 13.1. The van der Waals surface area contributed by atoms with Gasteiger partial charge in [-0.1, -0.05) is 23.8 Å². The summed E-state index contributed by atoms with van der Waals surface area (Å²) in [6.45, 7) is 2.85. The summed E-state index contributed by atoms with van der Waals surface area (Å²) in [7, 11) is 0. The molecule has 5 heteroatoms. The Morgan fingerprint density at radius 2 is 1.96 bits per heavy atom. The van der Waals surface area contributed by atoms with E-state index in [-0.39, 0.29) is 24.2 Å². The highest BCUT2D eigenvalue weighted by atomic mass is 19.1. The predicted octanol–water partition coefficient (Wildman–Crippen LogP) is 3.61. The Kier molecular flexibility index (Phi) is 4.24. The molecule has 0 saturated carbocycles. The van der Waals surface area contributed by atoms with E-state index in [4.69, 9.17) is 0 Å². The van der Waals surface area contributed by atoms with Crippen LogP contribution in [0.5, 0.6) is 0 Å². The van der Waals surface area contributed by atoms with Crippen molar-refractivity contribution in [3.63, 3.8) is 0 Å². The zero-order valence-electron chi connectivity index (χ0n) is 14.6. The maximum Gasteiger partial charge on any atom is 0.270 e. The Labute approximate surface area is 151 Å². The molecule has 2 aromatic carbocycles. The second-order valence-corrected chi connectivity index (χ2v) is 7.04. The van der Waals surface area contributed by atoms with Gasteiger partial charge in [-0.3, -0.25) is 4.79 Å². The number of aromatic amines is 1. The molecule has 26 heavy (non-hydrogen) atoms. The molecule has 2 atom stereocenters. The Morgan fingerprint density at radius 1 is 1.19 bits per heavy atom. The van der Waals surface area contributed by atoms with Crippen LogP contribution < -0.4 is 0 Å². The lowest BCUT2D eigenvalue weighted by Gasteiger charge is -2.36. The number of fused-ring (bicyclic) bond motifs is 1. The summed E-state index contributed by atoms with van der Waals surface area (Å²) in [5.74, 6) is -0.467. The van der Waals surface area contributed by atoms with Crippen molar-refractivity contribution in [1.29, 1.82) is 0 Å². The van der Waals surface area contributed by atoms with E-state index in [1.54, 1.807) is 17.0 Å². The van der Waals surface area contributed by atoms with Gasteiger partial charge in [0.2, 0.25) is 0 Å². The summed E-state index contributed by atoms with van der Waals surface area (Å²) >= 11 is 0. The van der Waals surface area contributed by atoms with Crippen LogP contribution in [0.1, 0.15) is 34.0 Å². The summed E-state index contributed by atoms with van der Waals surface area (Å²) in [5.41, 5.74) is 3.52. The van der Waals surface area contributed by atoms with E-state index >= 15 is 0 Å². The number of aromatic nitrogens is 1. The molecule has 1 aliphatic rings. The van der Waals surface area contributed by atoms with Crippen molar-refractivity contribution in [3.05, 3.63) is 71.2 Å². The molecule has 0 bridgehead atoms. The van der Waals surface area contributed by atoms with Crippen LogP contribution in [-0.2, 0) is 0 Å². The van der Waals surface area contributed by atoms with E-state index in [1.807, 2.05) is 31.2 Å². The van der Waals surface area contributed by atoms with Crippen LogP contribution >= 0.6 is 0 Å². The van der Waals surface area contributed by atoms with E-state index in [1.165, 1.54) is 12.1 Å². The van der Waals surface area contributed by atoms with Crippen molar-refractivity contribution < 1.29 is 14.3 Å². The van der Waals surface area contributed by atoms with Gasteiger partial charge in [0.05, 0.1) is 6.10 Å². The van der Waals surface area contributed by atoms with Crippen LogP contribution in [0, 0.1) is 12.7 Å². The molecule has 1 aliphatic heterocycles. The number of β-amino-alcohol motifs (C(OH)–C–C–N with tert-alkyl or cyclic N) is 1. The van der Waals surface area contributed by atoms with Crippen molar-refractivity contribution in [3.8, 4) is 0 Å². The van der Waals surface area contributed by atoms with Crippen molar-refractivity contribution in [1.82, 2.24) is 9.88 Å². The molecular weight excluding hydrogens is 331 g/mol. The Bertz CT molecular complexity index is 948. The van der Waals surface area contributed by atoms with Crippen LogP contribution in [0.4, 0.5) is 4.39 Å². The van der Waals surface area contributed by atoms with Gasteiger partial charge in [-0.15, -0.1) is 0 Å². The average Bonchev–Trinajstić information content (AvgIpc) is 3.05. The van der Waals surface area contributed by atoms with Gasteiger partial charge >= 0.3 is 0 Å². The topological polar surface area (TPSA) is 56.3 Å². The summed E-state index contributed by atoms with van der Waals surface area (Å²) in [5, 5.41) is 11.5. The number of amides is 1. The van der Waals surface area contributed by atoms with E-state index in [0.29, 0.717) is 18.7 Å². The number of aliphatic hydroxyl groups is 1. The fourth-order valence-electron chi connectivity index (χ4n) is 3.75. The van der Waals surface area contributed by atoms with Gasteiger partial charge < -0.3 is 15.0 Å². The number of aliphatic hydroxyl groups excluding tert-OH is 1. The Morgan fingerprint density at radius 3 is 2.69 bits per heavy atom. The summed E-state index contributed by atoms with van der Waals surface area (Å²) in [4.78, 5) is 17.7. The van der Waals surface area contributed by atoms with Gasteiger partial charge in [-0.2, -0.15) is 0 Å². The van der Waals surface area contributed by atoms with Crippen LogP contribution in [0.15, 0.2) is 48.5 Å². The number of hydrogen-bond acceptors (Lipinski definition) is 2. The third kappa shape index (κ3) is 3.10. The Balaban J connectivity index is 1.50. The molecule has 1 aromatic heterocycles. The lowest BCUT2D eigenvalue weighted by Crippen LogP contribution is -2.45. The minimum absolute atomic E-state index is 0.0787. The highest BCUT2D eigenvalue weighted by molar-refractivity contribution is 5.98. The number of aryl methyl sites for hydroxylation is 1. The van der Waals surface area contributed by atoms with Crippen LogP contribution in [0.2, 0.25) is 0 Å². The summed E-state index contributed by atoms with van der Waals surface area (Å²) in [6, 6.07) is 14.1. The third-order valence-corrected chi connectivity index (χ3v) is 5.17. The molecule has 1 fully saturated rings.